The number of ether oxygens (including phenoxy) is 1. The maximum absolute atomic E-state index is 12.5. The van der Waals surface area contributed by atoms with E-state index in [1.807, 2.05) is 65.6 Å². The maximum Gasteiger partial charge on any atom is 0.255 e. The molecule has 0 aliphatic carbocycles. The molecule has 2 aromatic rings. The molecule has 1 unspecified atom stereocenters. The molecule has 1 heterocycles. The van der Waals surface area contributed by atoms with E-state index >= 15 is 0 Å². The number of amides is 1. The van der Waals surface area contributed by atoms with Gasteiger partial charge in [-0.3, -0.25) is 4.79 Å². The lowest BCUT2D eigenvalue weighted by molar-refractivity contribution is -0.0338. The first-order chi connectivity index (χ1) is 10.3. The fourth-order valence-corrected chi connectivity index (χ4v) is 2.65. The molecule has 108 valence electrons. The predicted octanol–water partition coefficient (Wildman–Crippen LogP) is 3.47. The van der Waals surface area contributed by atoms with Crippen LogP contribution in [0.3, 0.4) is 0 Å². The summed E-state index contributed by atoms with van der Waals surface area (Å²) in [5.74, 6) is 0.0613. The first-order valence-corrected chi connectivity index (χ1v) is 7.36. The van der Waals surface area contributed by atoms with Crippen molar-refractivity contribution in [2.45, 2.75) is 25.7 Å². The largest absolute Gasteiger partial charge is 0.354 e. The third kappa shape index (κ3) is 3.31. The Bertz CT molecular complexity index is 583. The van der Waals surface area contributed by atoms with Gasteiger partial charge in [0.25, 0.3) is 5.91 Å². The van der Waals surface area contributed by atoms with E-state index in [1.165, 1.54) is 0 Å². The number of hydrogen-bond acceptors (Lipinski definition) is 2. The van der Waals surface area contributed by atoms with Gasteiger partial charge >= 0.3 is 0 Å². The molecule has 0 spiro atoms. The van der Waals surface area contributed by atoms with E-state index in [0.29, 0.717) is 6.61 Å². The molecule has 1 aliphatic heterocycles. The van der Waals surface area contributed by atoms with Crippen LogP contribution >= 0.6 is 0 Å². The third-order valence-electron chi connectivity index (χ3n) is 3.76. The summed E-state index contributed by atoms with van der Waals surface area (Å²) in [5, 5.41) is 0. The Hall–Kier alpha value is -2.13. The van der Waals surface area contributed by atoms with Crippen molar-refractivity contribution in [3.8, 4) is 0 Å². The molecule has 0 bridgehead atoms. The Morgan fingerprint density at radius 3 is 2.43 bits per heavy atom. The molecule has 3 nitrogen and oxygen atoms in total. The molecule has 0 N–H and O–H groups in total. The molecule has 0 saturated carbocycles. The molecule has 0 radical (unpaired) electrons. The van der Waals surface area contributed by atoms with E-state index in [2.05, 4.69) is 0 Å². The smallest absolute Gasteiger partial charge is 0.255 e. The van der Waals surface area contributed by atoms with Gasteiger partial charge in [0.2, 0.25) is 0 Å². The van der Waals surface area contributed by atoms with Crippen LogP contribution in [0.15, 0.2) is 60.7 Å². The van der Waals surface area contributed by atoms with Gasteiger partial charge in [0.05, 0.1) is 6.61 Å². The minimum atomic E-state index is -0.113. The fourth-order valence-electron chi connectivity index (χ4n) is 2.65. The summed E-state index contributed by atoms with van der Waals surface area (Å²) in [7, 11) is 0. The summed E-state index contributed by atoms with van der Waals surface area (Å²) < 4.78 is 5.95. The zero-order valence-electron chi connectivity index (χ0n) is 11.9. The molecular weight excluding hydrogens is 262 g/mol. The van der Waals surface area contributed by atoms with Gasteiger partial charge in [-0.05, 0) is 30.5 Å². The second-order valence-corrected chi connectivity index (χ2v) is 5.26. The summed E-state index contributed by atoms with van der Waals surface area (Å²) in [6.45, 7) is 1.32. The number of carbonyl (C=O) groups is 1. The molecule has 1 atom stereocenters. The number of rotatable bonds is 4. The van der Waals surface area contributed by atoms with E-state index in [1.54, 1.807) is 0 Å². The Labute approximate surface area is 125 Å². The Kier molecular flexibility index (Phi) is 4.31. The van der Waals surface area contributed by atoms with Crippen molar-refractivity contribution in [3.05, 3.63) is 71.8 Å². The van der Waals surface area contributed by atoms with Crippen molar-refractivity contribution < 1.29 is 9.53 Å². The van der Waals surface area contributed by atoms with Crippen LogP contribution < -0.4 is 0 Å². The molecule has 2 aromatic carbocycles. The van der Waals surface area contributed by atoms with E-state index in [4.69, 9.17) is 4.74 Å². The molecule has 21 heavy (non-hydrogen) atoms. The summed E-state index contributed by atoms with van der Waals surface area (Å²) >= 11 is 0. The van der Waals surface area contributed by atoms with Crippen LogP contribution in [-0.2, 0) is 11.3 Å². The molecule has 1 amide bonds. The average Bonchev–Trinajstić information content (AvgIpc) is 3.02. The first-order valence-electron chi connectivity index (χ1n) is 7.36. The average molecular weight is 281 g/mol. The van der Waals surface area contributed by atoms with Crippen molar-refractivity contribution in [1.82, 2.24) is 4.90 Å². The second kappa shape index (κ2) is 6.55. The van der Waals surface area contributed by atoms with Crippen LogP contribution in [0.4, 0.5) is 0 Å². The summed E-state index contributed by atoms with van der Waals surface area (Å²) in [6, 6.07) is 19.5. The van der Waals surface area contributed by atoms with Gasteiger partial charge in [0, 0.05) is 12.1 Å². The van der Waals surface area contributed by atoms with E-state index in [0.717, 1.165) is 30.5 Å². The van der Waals surface area contributed by atoms with Crippen molar-refractivity contribution in [2.75, 3.05) is 6.54 Å². The number of nitrogens with zero attached hydrogens (tertiary/aromatic N) is 1. The lowest BCUT2D eigenvalue weighted by atomic mass is 10.2. The minimum Gasteiger partial charge on any atom is -0.354 e. The maximum atomic E-state index is 12.5. The normalized spacial score (nSPS) is 17.9. The van der Waals surface area contributed by atoms with Crippen molar-refractivity contribution in [1.29, 1.82) is 0 Å². The van der Waals surface area contributed by atoms with E-state index in [-0.39, 0.29) is 12.1 Å². The highest BCUT2D eigenvalue weighted by Gasteiger charge is 2.29. The summed E-state index contributed by atoms with van der Waals surface area (Å²) in [6.07, 6.45) is 1.79. The van der Waals surface area contributed by atoms with Gasteiger partial charge in [-0.25, -0.2) is 0 Å². The van der Waals surface area contributed by atoms with Crippen LogP contribution in [0, 0.1) is 0 Å². The summed E-state index contributed by atoms with van der Waals surface area (Å²) in [5.41, 5.74) is 1.87. The van der Waals surface area contributed by atoms with Gasteiger partial charge in [0.1, 0.15) is 6.23 Å². The van der Waals surface area contributed by atoms with Crippen molar-refractivity contribution in [2.24, 2.45) is 0 Å². The number of benzene rings is 2. The zero-order valence-corrected chi connectivity index (χ0v) is 11.9. The van der Waals surface area contributed by atoms with Crippen LogP contribution in [0.5, 0.6) is 0 Å². The molecule has 3 rings (SSSR count). The number of hydrogen-bond donors (Lipinski definition) is 0. The fraction of sp³-hybridized carbons (Fsp3) is 0.278. The highest BCUT2D eigenvalue weighted by molar-refractivity contribution is 5.94. The lowest BCUT2D eigenvalue weighted by Crippen LogP contribution is -2.37. The minimum absolute atomic E-state index is 0.0613. The van der Waals surface area contributed by atoms with Crippen LogP contribution in [0.25, 0.3) is 0 Å². The van der Waals surface area contributed by atoms with Crippen LogP contribution in [-0.4, -0.2) is 23.6 Å². The topological polar surface area (TPSA) is 29.5 Å². The SMILES string of the molecule is O=C(c1ccccc1)N1CCCC1OCc1ccccc1. The van der Waals surface area contributed by atoms with Gasteiger partial charge in [-0.15, -0.1) is 0 Å². The monoisotopic (exact) mass is 281 g/mol. The molecular formula is C18H19NO2. The highest BCUT2D eigenvalue weighted by Crippen LogP contribution is 2.22. The van der Waals surface area contributed by atoms with Crippen LogP contribution in [0.2, 0.25) is 0 Å². The molecule has 3 heteroatoms. The third-order valence-corrected chi connectivity index (χ3v) is 3.76. The zero-order chi connectivity index (χ0) is 14.5. The van der Waals surface area contributed by atoms with Crippen molar-refractivity contribution >= 4 is 5.91 Å². The van der Waals surface area contributed by atoms with E-state index in [9.17, 15) is 4.79 Å². The quantitative estimate of drug-likeness (QED) is 0.859. The molecule has 1 aliphatic rings. The van der Waals surface area contributed by atoms with Gasteiger partial charge in [-0.2, -0.15) is 0 Å². The molecule has 0 aromatic heterocycles. The van der Waals surface area contributed by atoms with Crippen molar-refractivity contribution in [3.63, 3.8) is 0 Å². The number of likely N-dealkylation sites (tertiary alicyclic amines) is 1. The lowest BCUT2D eigenvalue weighted by Gasteiger charge is -2.25. The first kappa shape index (κ1) is 13.8. The Balaban J connectivity index is 1.64. The molecule has 1 saturated heterocycles. The molecule has 1 fully saturated rings. The number of carbonyl (C=O) groups excluding carboxylic acids is 1. The van der Waals surface area contributed by atoms with Gasteiger partial charge in [0.15, 0.2) is 0 Å². The van der Waals surface area contributed by atoms with Crippen LogP contribution in [0.1, 0.15) is 28.8 Å². The van der Waals surface area contributed by atoms with Gasteiger partial charge < -0.3 is 9.64 Å². The standard InChI is InChI=1S/C18H19NO2/c20-18(16-10-5-2-6-11-16)19-13-7-12-17(19)21-14-15-8-3-1-4-9-15/h1-6,8-11,17H,7,12-14H2. The highest BCUT2D eigenvalue weighted by atomic mass is 16.5. The summed E-state index contributed by atoms with van der Waals surface area (Å²) in [4.78, 5) is 14.4. The van der Waals surface area contributed by atoms with E-state index < -0.39 is 0 Å². The second-order valence-electron chi connectivity index (χ2n) is 5.26. The predicted molar refractivity (Wildman–Crippen MR) is 81.7 cm³/mol. The Morgan fingerprint density at radius 1 is 1.05 bits per heavy atom. The van der Waals surface area contributed by atoms with Gasteiger partial charge in [-0.1, -0.05) is 48.5 Å². The Morgan fingerprint density at radius 2 is 1.71 bits per heavy atom.